The Morgan fingerprint density at radius 3 is 2.50 bits per heavy atom. The van der Waals surface area contributed by atoms with E-state index in [1.54, 1.807) is 19.1 Å². The van der Waals surface area contributed by atoms with E-state index in [-0.39, 0.29) is 5.82 Å². The van der Waals surface area contributed by atoms with E-state index in [1.165, 1.54) is 6.07 Å². The summed E-state index contributed by atoms with van der Waals surface area (Å²) in [6, 6.07) is 10.4. The first kappa shape index (κ1) is 14.8. The summed E-state index contributed by atoms with van der Waals surface area (Å²) in [6.45, 7) is 3.67. The molecule has 0 spiro atoms. The van der Waals surface area contributed by atoms with Crippen LogP contribution >= 0.6 is 23.8 Å². The number of aryl methyl sites for hydroxylation is 2. The SMILES string of the molecule is Cc1ccc(NC(=S)Nc2ccc(F)c(C)c2)c(Cl)c1. The Bertz CT molecular complexity index is 658. The Hall–Kier alpha value is -1.65. The standard InChI is InChI=1S/C15H14ClFN2S/c1-9-3-6-14(12(16)7-9)19-15(20)18-11-4-5-13(17)10(2)8-11/h3-8H,1-2H3,(H2,18,19,20). The molecule has 2 nitrogen and oxygen atoms in total. The van der Waals surface area contributed by atoms with Gasteiger partial charge in [-0.2, -0.15) is 0 Å². The predicted molar refractivity (Wildman–Crippen MR) is 87.2 cm³/mol. The summed E-state index contributed by atoms with van der Waals surface area (Å²) in [6.07, 6.45) is 0. The van der Waals surface area contributed by atoms with Gasteiger partial charge < -0.3 is 10.6 Å². The first-order valence-electron chi connectivity index (χ1n) is 6.06. The van der Waals surface area contributed by atoms with Gasteiger partial charge in [0.15, 0.2) is 5.11 Å². The molecule has 104 valence electrons. The van der Waals surface area contributed by atoms with Crippen LogP contribution in [0.5, 0.6) is 0 Å². The largest absolute Gasteiger partial charge is 0.332 e. The summed E-state index contributed by atoms with van der Waals surface area (Å²) in [5, 5.41) is 7.02. The number of hydrogen-bond donors (Lipinski definition) is 2. The van der Waals surface area contributed by atoms with Crippen LogP contribution in [0, 0.1) is 19.7 Å². The van der Waals surface area contributed by atoms with Crippen molar-refractivity contribution in [1.82, 2.24) is 0 Å². The molecule has 0 aromatic heterocycles. The third-order valence-corrected chi connectivity index (χ3v) is 3.31. The second kappa shape index (κ2) is 6.20. The Morgan fingerprint density at radius 2 is 1.85 bits per heavy atom. The molecule has 2 aromatic rings. The fourth-order valence-electron chi connectivity index (χ4n) is 1.73. The molecule has 2 aromatic carbocycles. The Morgan fingerprint density at radius 1 is 1.10 bits per heavy atom. The van der Waals surface area contributed by atoms with Crippen LogP contribution in [-0.4, -0.2) is 5.11 Å². The average Bonchev–Trinajstić information content (AvgIpc) is 2.37. The topological polar surface area (TPSA) is 24.1 Å². The van der Waals surface area contributed by atoms with E-state index in [4.69, 9.17) is 23.8 Å². The van der Waals surface area contributed by atoms with Gasteiger partial charge in [0.2, 0.25) is 0 Å². The lowest BCUT2D eigenvalue weighted by Gasteiger charge is -2.12. The van der Waals surface area contributed by atoms with Crippen LogP contribution in [0.25, 0.3) is 0 Å². The van der Waals surface area contributed by atoms with Gasteiger partial charge in [-0.1, -0.05) is 17.7 Å². The minimum absolute atomic E-state index is 0.240. The molecule has 0 bridgehead atoms. The van der Waals surface area contributed by atoms with Gasteiger partial charge in [-0.05, 0) is 67.5 Å². The molecule has 20 heavy (non-hydrogen) atoms. The highest BCUT2D eigenvalue weighted by Gasteiger charge is 2.04. The van der Waals surface area contributed by atoms with E-state index in [2.05, 4.69) is 10.6 Å². The number of benzene rings is 2. The molecule has 0 heterocycles. The minimum atomic E-state index is -0.240. The molecule has 0 aliphatic heterocycles. The van der Waals surface area contributed by atoms with Crippen LogP contribution in [0.3, 0.4) is 0 Å². The third-order valence-electron chi connectivity index (χ3n) is 2.79. The number of nitrogens with one attached hydrogen (secondary N) is 2. The quantitative estimate of drug-likeness (QED) is 0.771. The molecule has 0 aliphatic rings. The maximum Gasteiger partial charge on any atom is 0.175 e. The molecule has 0 saturated heterocycles. The van der Waals surface area contributed by atoms with Crippen LogP contribution in [-0.2, 0) is 0 Å². The van der Waals surface area contributed by atoms with Crippen molar-refractivity contribution in [3.8, 4) is 0 Å². The summed E-state index contributed by atoms with van der Waals surface area (Å²) in [7, 11) is 0. The molecule has 0 amide bonds. The van der Waals surface area contributed by atoms with Crippen molar-refractivity contribution < 1.29 is 4.39 Å². The highest BCUT2D eigenvalue weighted by Crippen LogP contribution is 2.23. The van der Waals surface area contributed by atoms with Gasteiger partial charge in [-0.25, -0.2) is 4.39 Å². The summed E-state index contributed by atoms with van der Waals surface area (Å²) in [5.41, 5.74) is 3.10. The van der Waals surface area contributed by atoms with Crippen LogP contribution in [0.4, 0.5) is 15.8 Å². The Balaban J connectivity index is 2.07. The van der Waals surface area contributed by atoms with Gasteiger partial charge >= 0.3 is 0 Å². The molecule has 0 atom stereocenters. The van der Waals surface area contributed by atoms with Gasteiger partial charge in [0.05, 0.1) is 10.7 Å². The first-order valence-corrected chi connectivity index (χ1v) is 6.84. The highest BCUT2D eigenvalue weighted by molar-refractivity contribution is 7.80. The lowest BCUT2D eigenvalue weighted by Crippen LogP contribution is -2.19. The van der Waals surface area contributed by atoms with E-state index in [1.807, 2.05) is 25.1 Å². The molecule has 0 fully saturated rings. The van der Waals surface area contributed by atoms with E-state index in [9.17, 15) is 4.39 Å². The summed E-state index contributed by atoms with van der Waals surface area (Å²) in [5.74, 6) is -0.240. The van der Waals surface area contributed by atoms with E-state index in [0.717, 1.165) is 16.9 Å². The molecule has 2 rings (SSSR count). The number of rotatable bonds is 2. The van der Waals surface area contributed by atoms with Crippen molar-refractivity contribution >= 4 is 40.3 Å². The molecule has 0 saturated carbocycles. The lowest BCUT2D eigenvalue weighted by molar-refractivity contribution is 0.619. The van der Waals surface area contributed by atoms with Crippen LogP contribution in [0.2, 0.25) is 5.02 Å². The molecule has 0 unspecified atom stereocenters. The number of hydrogen-bond acceptors (Lipinski definition) is 1. The second-order valence-corrected chi connectivity index (χ2v) is 5.34. The van der Waals surface area contributed by atoms with Gasteiger partial charge in [0, 0.05) is 5.69 Å². The van der Waals surface area contributed by atoms with Crippen LogP contribution < -0.4 is 10.6 Å². The van der Waals surface area contributed by atoms with Gasteiger partial charge in [-0.3, -0.25) is 0 Å². The lowest BCUT2D eigenvalue weighted by atomic mass is 10.2. The van der Waals surface area contributed by atoms with Gasteiger partial charge in [-0.15, -0.1) is 0 Å². The number of halogens is 2. The van der Waals surface area contributed by atoms with Gasteiger partial charge in [0.25, 0.3) is 0 Å². The Labute approximate surface area is 128 Å². The third kappa shape index (κ3) is 3.68. The smallest absolute Gasteiger partial charge is 0.175 e. The van der Waals surface area contributed by atoms with E-state index in [0.29, 0.717) is 15.7 Å². The molecular formula is C15H14ClFN2S. The first-order chi connectivity index (χ1) is 9.45. The maximum absolute atomic E-state index is 13.2. The zero-order valence-electron chi connectivity index (χ0n) is 11.1. The maximum atomic E-state index is 13.2. The highest BCUT2D eigenvalue weighted by atomic mass is 35.5. The monoisotopic (exact) mass is 308 g/mol. The number of thiocarbonyl (C=S) groups is 1. The van der Waals surface area contributed by atoms with E-state index >= 15 is 0 Å². The Kier molecular flexibility index (Phi) is 4.57. The van der Waals surface area contributed by atoms with Crippen molar-refractivity contribution in [3.05, 3.63) is 58.4 Å². The fraction of sp³-hybridized carbons (Fsp3) is 0.133. The molecular weight excluding hydrogens is 295 g/mol. The van der Waals surface area contributed by atoms with Crippen molar-refractivity contribution in [3.63, 3.8) is 0 Å². The van der Waals surface area contributed by atoms with Crippen molar-refractivity contribution in [2.75, 3.05) is 10.6 Å². The average molecular weight is 309 g/mol. The minimum Gasteiger partial charge on any atom is -0.332 e. The van der Waals surface area contributed by atoms with Gasteiger partial charge in [0.1, 0.15) is 5.82 Å². The molecule has 2 N–H and O–H groups in total. The fourth-order valence-corrected chi connectivity index (χ4v) is 2.24. The molecule has 0 aliphatic carbocycles. The summed E-state index contributed by atoms with van der Waals surface area (Å²) in [4.78, 5) is 0. The zero-order valence-corrected chi connectivity index (χ0v) is 12.7. The predicted octanol–water partition coefficient (Wildman–Crippen LogP) is 4.90. The van der Waals surface area contributed by atoms with Crippen molar-refractivity contribution in [2.24, 2.45) is 0 Å². The van der Waals surface area contributed by atoms with Crippen molar-refractivity contribution in [2.45, 2.75) is 13.8 Å². The van der Waals surface area contributed by atoms with Crippen molar-refractivity contribution in [1.29, 1.82) is 0 Å². The van der Waals surface area contributed by atoms with Crippen LogP contribution in [0.15, 0.2) is 36.4 Å². The summed E-state index contributed by atoms with van der Waals surface area (Å²) >= 11 is 11.3. The second-order valence-electron chi connectivity index (χ2n) is 4.53. The normalized spacial score (nSPS) is 10.2. The van der Waals surface area contributed by atoms with Crippen LogP contribution in [0.1, 0.15) is 11.1 Å². The zero-order chi connectivity index (χ0) is 14.7. The molecule has 5 heteroatoms. The number of anilines is 2. The molecule has 0 radical (unpaired) electrons. The summed E-state index contributed by atoms with van der Waals surface area (Å²) < 4.78 is 13.2. The van der Waals surface area contributed by atoms with E-state index < -0.39 is 0 Å².